The van der Waals surface area contributed by atoms with E-state index in [0.29, 0.717) is 10.2 Å². The van der Waals surface area contributed by atoms with E-state index in [0.717, 1.165) is 42.1 Å². The highest BCUT2D eigenvalue weighted by Crippen LogP contribution is 2.34. The van der Waals surface area contributed by atoms with Gasteiger partial charge in [0.1, 0.15) is 11.5 Å². The van der Waals surface area contributed by atoms with Gasteiger partial charge in [0.25, 0.3) is 0 Å². The SMILES string of the molecule is FC(F)Oc1cc2c(cc1Br)CCC2.Oc1cc2c(cc1Br)CCC2. The lowest BCUT2D eigenvalue weighted by molar-refractivity contribution is -0.0503. The molecule has 2 aliphatic carbocycles. The minimum Gasteiger partial charge on any atom is -0.507 e. The van der Waals surface area contributed by atoms with Gasteiger partial charge in [0.2, 0.25) is 0 Å². The molecule has 0 saturated heterocycles. The number of ether oxygens (including phenoxy) is 1. The number of aryl methyl sites for hydroxylation is 4. The van der Waals surface area contributed by atoms with Crippen LogP contribution < -0.4 is 4.74 Å². The fourth-order valence-corrected chi connectivity index (χ4v) is 4.21. The summed E-state index contributed by atoms with van der Waals surface area (Å²) < 4.78 is 29.8. The van der Waals surface area contributed by atoms with Crippen molar-refractivity contribution in [2.75, 3.05) is 0 Å². The zero-order valence-corrected chi connectivity index (χ0v) is 16.7. The molecule has 0 spiro atoms. The number of benzene rings is 2. The second-order valence-electron chi connectivity index (χ2n) is 6.21. The molecule has 1 N–H and O–H groups in total. The van der Waals surface area contributed by atoms with Crippen LogP contribution in [0.15, 0.2) is 33.2 Å². The third-order valence-electron chi connectivity index (χ3n) is 4.52. The molecular formula is C19H18Br2F2O2. The fraction of sp³-hybridized carbons (Fsp3) is 0.368. The minimum absolute atomic E-state index is 0.237. The van der Waals surface area contributed by atoms with Crippen molar-refractivity contribution in [3.05, 3.63) is 55.5 Å². The van der Waals surface area contributed by atoms with E-state index in [9.17, 15) is 13.9 Å². The smallest absolute Gasteiger partial charge is 0.387 e. The first kappa shape index (κ1) is 18.6. The molecule has 134 valence electrons. The molecule has 6 heteroatoms. The van der Waals surface area contributed by atoms with Gasteiger partial charge >= 0.3 is 6.61 Å². The predicted molar refractivity (Wildman–Crippen MR) is 101 cm³/mol. The van der Waals surface area contributed by atoms with Crippen LogP contribution >= 0.6 is 31.9 Å². The Hall–Kier alpha value is -1.14. The number of hydrogen-bond donors (Lipinski definition) is 1. The Morgan fingerprint density at radius 2 is 1.28 bits per heavy atom. The second-order valence-corrected chi connectivity index (χ2v) is 7.92. The van der Waals surface area contributed by atoms with Crippen molar-refractivity contribution < 1.29 is 18.6 Å². The molecule has 4 rings (SSSR count). The molecule has 2 nitrogen and oxygen atoms in total. The molecule has 0 heterocycles. The Kier molecular flexibility index (Phi) is 6.00. The molecular weight excluding hydrogens is 458 g/mol. The Labute approximate surface area is 162 Å². The van der Waals surface area contributed by atoms with E-state index in [1.807, 2.05) is 18.2 Å². The molecule has 0 unspecified atom stereocenters. The zero-order valence-electron chi connectivity index (χ0n) is 13.5. The van der Waals surface area contributed by atoms with Crippen LogP contribution in [0.25, 0.3) is 0 Å². The summed E-state index contributed by atoms with van der Waals surface area (Å²) in [6, 6.07) is 7.47. The van der Waals surface area contributed by atoms with Gasteiger partial charge in [0.05, 0.1) is 8.95 Å². The number of alkyl halides is 2. The van der Waals surface area contributed by atoms with Gasteiger partial charge in [0.15, 0.2) is 0 Å². The normalized spacial score (nSPS) is 14.8. The van der Waals surface area contributed by atoms with Crippen LogP contribution in [0.4, 0.5) is 8.78 Å². The number of hydrogen-bond acceptors (Lipinski definition) is 2. The van der Waals surface area contributed by atoms with Crippen LogP contribution in [0.1, 0.15) is 35.1 Å². The van der Waals surface area contributed by atoms with Crippen LogP contribution in [-0.4, -0.2) is 11.7 Å². The number of fused-ring (bicyclic) bond motifs is 2. The van der Waals surface area contributed by atoms with Crippen molar-refractivity contribution in [3.63, 3.8) is 0 Å². The van der Waals surface area contributed by atoms with Crippen molar-refractivity contribution in [2.45, 2.75) is 45.1 Å². The molecule has 0 aromatic heterocycles. The van der Waals surface area contributed by atoms with E-state index < -0.39 is 6.61 Å². The summed E-state index contributed by atoms with van der Waals surface area (Å²) in [6.07, 6.45) is 6.60. The maximum absolute atomic E-state index is 12.0. The lowest BCUT2D eigenvalue weighted by Crippen LogP contribution is -2.03. The molecule has 0 amide bonds. The Morgan fingerprint density at radius 3 is 1.84 bits per heavy atom. The van der Waals surface area contributed by atoms with Crippen molar-refractivity contribution in [1.82, 2.24) is 0 Å². The average molecular weight is 476 g/mol. The van der Waals surface area contributed by atoms with E-state index in [1.54, 1.807) is 6.07 Å². The number of phenolic OH excluding ortho intramolecular Hbond substituents is 1. The molecule has 0 saturated carbocycles. The third kappa shape index (κ3) is 4.53. The van der Waals surface area contributed by atoms with Crippen LogP contribution in [0.3, 0.4) is 0 Å². The summed E-state index contributed by atoms with van der Waals surface area (Å²) in [4.78, 5) is 0. The highest BCUT2D eigenvalue weighted by Gasteiger charge is 2.16. The Bertz CT molecular complexity index is 750. The molecule has 25 heavy (non-hydrogen) atoms. The molecule has 0 radical (unpaired) electrons. The summed E-state index contributed by atoms with van der Waals surface area (Å²) in [6.45, 7) is -2.76. The highest BCUT2D eigenvalue weighted by molar-refractivity contribution is 9.10. The molecule has 0 aliphatic heterocycles. The molecule has 2 aromatic carbocycles. The van der Waals surface area contributed by atoms with Gasteiger partial charge < -0.3 is 9.84 Å². The first-order valence-electron chi connectivity index (χ1n) is 8.20. The van der Waals surface area contributed by atoms with Gasteiger partial charge in [-0.05, 0) is 117 Å². The van der Waals surface area contributed by atoms with Gasteiger partial charge in [-0.3, -0.25) is 0 Å². The Balaban J connectivity index is 0.000000150. The lowest BCUT2D eigenvalue weighted by atomic mass is 10.1. The summed E-state index contributed by atoms with van der Waals surface area (Å²) in [5, 5.41) is 9.34. The number of rotatable bonds is 2. The second kappa shape index (κ2) is 8.04. The lowest BCUT2D eigenvalue weighted by Gasteiger charge is -2.09. The van der Waals surface area contributed by atoms with Crippen molar-refractivity contribution >= 4 is 31.9 Å². The van der Waals surface area contributed by atoms with Crippen molar-refractivity contribution in [3.8, 4) is 11.5 Å². The standard InChI is InChI=1S/C10H9BrF2O.C9H9BrO/c11-8-4-6-2-1-3-7(6)5-9(8)14-10(12)13;10-8-4-6-2-1-3-7(6)5-9(8)11/h4-5,10H,1-3H2;4-5,11H,1-3H2. The molecule has 2 aliphatic rings. The van der Waals surface area contributed by atoms with Gasteiger partial charge in [0, 0.05) is 0 Å². The minimum atomic E-state index is -2.76. The van der Waals surface area contributed by atoms with E-state index in [1.165, 1.54) is 23.1 Å². The summed E-state index contributed by atoms with van der Waals surface area (Å²) in [7, 11) is 0. The van der Waals surface area contributed by atoms with E-state index in [4.69, 9.17) is 0 Å². The van der Waals surface area contributed by atoms with Gasteiger partial charge in [-0.2, -0.15) is 8.78 Å². The molecule has 0 bridgehead atoms. The number of halogens is 4. The number of aromatic hydroxyl groups is 1. The monoisotopic (exact) mass is 474 g/mol. The topological polar surface area (TPSA) is 29.5 Å². The Morgan fingerprint density at radius 1 is 0.800 bits per heavy atom. The molecule has 0 atom stereocenters. The van der Waals surface area contributed by atoms with E-state index in [-0.39, 0.29) is 5.75 Å². The van der Waals surface area contributed by atoms with Crippen molar-refractivity contribution in [1.29, 1.82) is 0 Å². The third-order valence-corrected chi connectivity index (χ3v) is 5.78. The maximum atomic E-state index is 12.0. The average Bonchev–Trinajstić information content (AvgIpc) is 3.17. The van der Waals surface area contributed by atoms with Crippen LogP contribution in [0.2, 0.25) is 0 Å². The largest absolute Gasteiger partial charge is 0.507 e. The quantitative estimate of drug-likeness (QED) is 0.561. The summed E-state index contributed by atoms with van der Waals surface area (Å²) >= 11 is 6.52. The number of phenols is 1. The first-order chi connectivity index (χ1) is 11.9. The zero-order chi connectivity index (χ0) is 18.0. The highest BCUT2D eigenvalue weighted by atomic mass is 79.9. The van der Waals surface area contributed by atoms with E-state index >= 15 is 0 Å². The van der Waals surface area contributed by atoms with Gasteiger partial charge in [-0.15, -0.1) is 0 Å². The van der Waals surface area contributed by atoms with Gasteiger partial charge in [-0.25, -0.2) is 0 Å². The maximum Gasteiger partial charge on any atom is 0.387 e. The van der Waals surface area contributed by atoms with E-state index in [2.05, 4.69) is 36.6 Å². The predicted octanol–water partition coefficient (Wildman–Crippen LogP) is 6.18. The summed E-state index contributed by atoms with van der Waals surface area (Å²) in [5.74, 6) is 0.603. The molecule has 0 fully saturated rings. The van der Waals surface area contributed by atoms with Crippen LogP contribution in [0.5, 0.6) is 11.5 Å². The fourth-order valence-electron chi connectivity index (χ4n) is 3.34. The van der Waals surface area contributed by atoms with Crippen LogP contribution in [-0.2, 0) is 25.7 Å². The van der Waals surface area contributed by atoms with Crippen molar-refractivity contribution in [2.24, 2.45) is 0 Å². The summed E-state index contributed by atoms with van der Waals surface area (Å²) in [5.41, 5.74) is 5.06. The van der Waals surface area contributed by atoms with Crippen LogP contribution in [0, 0.1) is 0 Å². The molecule has 2 aromatic rings. The first-order valence-corrected chi connectivity index (χ1v) is 9.79. The van der Waals surface area contributed by atoms with Gasteiger partial charge in [-0.1, -0.05) is 0 Å².